The zero-order valence-electron chi connectivity index (χ0n) is 13.1. The number of amides is 1. The van der Waals surface area contributed by atoms with E-state index in [0.717, 1.165) is 19.3 Å². The van der Waals surface area contributed by atoms with Gasteiger partial charge in [-0.2, -0.15) is 0 Å². The van der Waals surface area contributed by atoms with Crippen LogP contribution in [0, 0.1) is 0 Å². The van der Waals surface area contributed by atoms with Crippen molar-refractivity contribution in [3.63, 3.8) is 0 Å². The Kier molecular flexibility index (Phi) is 9.31. The fourth-order valence-electron chi connectivity index (χ4n) is 1.94. The molecule has 0 saturated carbocycles. The topological polar surface area (TPSA) is 55.4 Å². The van der Waals surface area contributed by atoms with Crippen molar-refractivity contribution in [1.29, 1.82) is 0 Å². The van der Waals surface area contributed by atoms with Gasteiger partial charge in [0, 0.05) is 12.8 Å². The van der Waals surface area contributed by atoms with Gasteiger partial charge in [-0.1, -0.05) is 43.5 Å². The van der Waals surface area contributed by atoms with Gasteiger partial charge in [0.25, 0.3) is 0 Å². The summed E-state index contributed by atoms with van der Waals surface area (Å²) in [5.41, 5.74) is 0.615. The second-order valence-corrected chi connectivity index (χ2v) is 5.57. The van der Waals surface area contributed by atoms with Crippen LogP contribution in [0.4, 0.5) is 5.69 Å². The van der Waals surface area contributed by atoms with E-state index >= 15 is 0 Å². The smallest absolute Gasteiger partial charge is 0.305 e. The van der Waals surface area contributed by atoms with E-state index < -0.39 is 0 Å². The Balaban J connectivity index is 2.10. The molecule has 0 saturated heterocycles. The highest BCUT2D eigenvalue weighted by Gasteiger charge is 2.07. The minimum Gasteiger partial charge on any atom is -0.466 e. The molecule has 0 fully saturated rings. The van der Waals surface area contributed by atoms with E-state index in [2.05, 4.69) is 12.2 Å². The summed E-state index contributed by atoms with van der Waals surface area (Å²) in [5.74, 6) is -0.271. The van der Waals surface area contributed by atoms with Gasteiger partial charge in [-0.25, -0.2) is 0 Å². The predicted molar refractivity (Wildman–Crippen MR) is 89.0 cm³/mol. The number of hydrogen-bond acceptors (Lipinski definition) is 3. The second-order valence-electron chi connectivity index (χ2n) is 5.16. The van der Waals surface area contributed by atoms with E-state index in [4.69, 9.17) is 16.3 Å². The number of unbranched alkanes of at least 4 members (excludes halogenated alkanes) is 3. The molecule has 0 atom stereocenters. The lowest BCUT2D eigenvalue weighted by Crippen LogP contribution is -2.12. The maximum absolute atomic E-state index is 11.8. The van der Waals surface area contributed by atoms with Crippen LogP contribution in [0.2, 0.25) is 5.02 Å². The number of halogens is 1. The Morgan fingerprint density at radius 3 is 2.55 bits per heavy atom. The molecule has 4 nitrogen and oxygen atoms in total. The highest BCUT2D eigenvalue weighted by Crippen LogP contribution is 2.20. The van der Waals surface area contributed by atoms with E-state index in [9.17, 15) is 9.59 Å². The summed E-state index contributed by atoms with van der Waals surface area (Å²) < 4.78 is 5.11. The highest BCUT2D eigenvalue weighted by atomic mass is 35.5. The van der Waals surface area contributed by atoms with Crippen molar-refractivity contribution < 1.29 is 14.3 Å². The minimum atomic E-state index is -0.178. The third-order valence-corrected chi connectivity index (χ3v) is 3.52. The molecule has 1 amide bonds. The molecular formula is C17H24ClNO3. The molecule has 0 bridgehead atoms. The van der Waals surface area contributed by atoms with E-state index in [1.165, 1.54) is 0 Å². The number of para-hydroxylation sites is 1. The fourth-order valence-corrected chi connectivity index (χ4v) is 2.12. The molecular weight excluding hydrogens is 302 g/mol. The standard InChI is InChI=1S/C17H24ClNO3/c1-2-3-8-13-22-17(21)12-7-6-11-16(20)19-15-10-5-4-9-14(15)18/h4-5,9-10H,2-3,6-8,11-13H2,1H3,(H,19,20). The Morgan fingerprint density at radius 1 is 1.09 bits per heavy atom. The van der Waals surface area contributed by atoms with Gasteiger partial charge in [0.2, 0.25) is 5.91 Å². The van der Waals surface area contributed by atoms with Crippen molar-refractivity contribution >= 4 is 29.2 Å². The van der Waals surface area contributed by atoms with Crippen LogP contribution >= 0.6 is 11.6 Å². The molecule has 22 heavy (non-hydrogen) atoms. The van der Waals surface area contributed by atoms with Crippen LogP contribution in [-0.4, -0.2) is 18.5 Å². The normalized spacial score (nSPS) is 10.3. The van der Waals surface area contributed by atoms with E-state index in [-0.39, 0.29) is 11.9 Å². The number of benzene rings is 1. The first-order chi connectivity index (χ1) is 10.6. The quantitative estimate of drug-likeness (QED) is 0.506. The lowest BCUT2D eigenvalue weighted by molar-refractivity contribution is -0.144. The molecule has 122 valence electrons. The third kappa shape index (κ3) is 8.03. The molecule has 0 aromatic heterocycles. The zero-order valence-corrected chi connectivity index (χ0v) is 13.8. The lowest BCUT2D eigenvalue weighted by atomic mass is 10.2. The van der Waals surface area contributed by atoms with Gasteiger partial charge >= 0.3 is 5.97 Å². The molecule has 0 radical (unpaired) electrons. The van der Waals surface area contributed by atoms with Crippen LogP contribution in [0.15, 0.2) is 24.3 Å². The average molecular weight is 326 g/mol. The van der Waals surface area contributed by atoms with Gasteiger partial charge < -0.3 is 10.1 Å². The maximum Gasteiger partial charge on any atom is 0.305 e. The van der Waals surface area contributed by atoms with E-state index in [1.807, 2.05) is 12.1 Å². The first-order valence-corrected chi connectivity index (χ1v) is 8.21. The van der Waals surface area contributed by atoms with E-state index in [0.29, 0.717) is 43.0 Å². The summed E-state index contributed by atoms with van der Waals surface area (Å²) in [6, 6.07) is 7.11. The number of carbonyl (C=O) groups is 2. The summed E-state index contributed by atoms with van der Waals surface area (Å²) >= 11 is 5.97. The number of esters is 1. The molecule has 0 spiro atoms. The Bertz CT molecular complexity index is 477. The number of hydrogen-bond donors (Lipinski definition) is 1. The number of anilines is 1. The zero-order chi connectivity index (χ0) is 16.2. The number of rotatable bonds is 10. The monoisotopic (exact) mass is 325 g/mol. The molecule has 1 aromatic carbocycles. The summed E-state index contributed by atoms with van der Waals surface area (Å²) in [6.45, 7) is 2.61. The first-order valence-electron chi connectivity index (χ1n) is 7.83. The van der Waals surface area contributed by atoms with Crippen LogP contribution in [0.5, 0.6) is 0 Å². The van der Waals surface area contributed by atoms with Gasteiger partial charge in [0.1, 0.15) is 0 Å². The van der Waals surface area contributed by atoms with Gasteiger partial charge in [0.15, 0.2) is 0 Å². The molecule has 0 heterocycles. The molecule has 5 heteroatoms. The van der Waals surface area contributed by atoms with Crippen LogP contribution in [0.25, 0.3) is 0 Å². The average Bonchev–Trinajstić information content (AvgIpc) is 2.50. The van der Waals surface area contributed by atoms with Gasteiger partial charge in [-0.15, -0.1) is 0 Å². The summed E-state index contributed by atoms with van der Waals surface area (Å²) in [4.78, 5) is 23.2. The van der Waals surface area contributed by atoms with Crippen LogP contribution in [0.1, 0.15) is 51.9 Å². The Morgan fingerprint density at radius 2 is 1.82 bits per heavy atom. The Hall–Kier alpha value is -1.55. The summed E-state index contributed by atoms with van der Waals surface area (Å²) in [7, 11) is 0. The van der Waals surface area contributed by atoms with Crippen LogP contribution in [0.3, 0.4) is 0 Å². The number of nitrogens with one attached hydrogen (secondary N) is 1. The maximum atomic E-state index is 11.8. The highest BCUT2D eigenvalue weighted by molar-refractivity contribution is 6.33. The molecule has 0 aliphatic carbocycles. The van der Waals surface area contributed by atoms with Crippen molar-refractivity contribution in [3.8, 4) is 0 Å². The molecule has 1 N–H and O–H groups in total. The van der Waals surface area contributed by atoms with Crippen molar-refractivity contribution in [2.75, 3.05) is 11.9 Å². The molecule has 1 rings (SSSR count). The molecule has 0 unspecified atom stereocenters. The fraction of sp³-hybridized carbons (Fsp3) is 0.529. The van der Waals surface area contributed by atoms with Crippen molar-refractivity contribution in [1.82, 2.24) is 0 Å². The minimum absolute atomic E-state index is 0.0931. The molecule has 0 aliphatic rings. The second kappa shape index (κ2) is 11.1. The largest absolute Gasteiger partial charge is 0.466 e. The summed E-state index contributed by atoms with van der Waals surface area (Å²) in [6.07, 6.45) is 5.15. The molecule has 1 aromatic rings. The van der Waals surface area contributed by atoms with Gasteiger partial charge in [0.05, 0.1) is 17.3 Å². The van der Waals surface area contributed by atoms with Gasteiger partial charge in [-0.05, 0) is 31.4 Å². The van der Waals surface area contributed by atoms with E-state index in [1.54, 1.807) is 12.1 Å². The molecule has 0 aliphatic heterocycles. The summed E-state index contributed by atoms with van der Waals surface area (Å²) in [5, 5.41) is 3.28. The number of ether oxygens (including phenoxy) is 1. The van der Waals surface area contributed by atoms with Crippen molar-refractivity contribution in [3.05, 3.63) is 29.3 Å². The van der Waals surface area contributed by atoms with Crippen molar-refractivity contribution in [2.45, 2.75) is 51.9 Å². The first kappa shape index (κ1) is 18.5. The van der Waals surface area contributed by atoms with Crippen LogP contribution < -0.4 is 5.32 Å². The lowest BCUT2D eigenvalue weighted by Gasteiger charge is -2.07. The predicted octanol–water partition coefficient (Wildman–Crippen LogP) is 4.57. The number of carbonyl (C=O) groups excluding carboxylic acids is 2. The van der Waals surface area contributed by atoms with Gasteiger partial charge in [-0.3, -0.25) is 9.59 Å². The van der Waals surface area contributed by atoms with Crippen molar-refractivity contribution in [2.24, 2.45) is 0 Å². The Labute approximate surface area is 137 Å². The van der Waals surface area contributed by atoms with Crippen LogP contribution in [-0.2, 0) is 14.3 Å². The SMILES string of the molecule is CCCCCOC(=O)CCCCC(=O)Nc1ccccc1Cl. The third-order valence-electron chi connectivity index (χ3n) is 3.19.